The molecule has 1 aliphatic heterocycles. The second-order valence-corrected chi connectivity index (χ2v) is 8.06. The van der Waals surface area contributed by atoms with Gasteiger partial charge in [0.1, 0.15) is 0 Å². The number of ether oxygens (including phenoxy) is 2. The fourth-order valence-electron chi connectivity index (χ4n) is 3.56. The van der Waals surface area contributed by atoms with Crippen molar-refractivity contribution in [3.05, 3.63) is 47.7 Å². The standard InChI is InChI=1S/C22H33NO4/c1-5-26-21-17(12-9-13-24)18(22(2,3)4)14-19(27-21)20(25)23-15-16-10-7-6-8-11-16/h6-8,10-11,14,17-18,21,24H,5,9,12-13,15H2,1-4H3,(H,23,25)/t17-,18+,21-/m1/s1. The Hall–Kier alpha value is -1.85. The van der Waals surface area contributed by atoms with Crippen molar-refractivity contribution >= 4 is 5.91 Å². The van der Waals surface area contributed by atoms with Gasteiger partial charge >= 0.3 is 0 Å². The molecule has 2 rings (SSSR count). The molecule has 0 fully saturated rings. The van der Waals surface area contributed by atoms with Crippen LogP contribution in [0.25, 0.3) is 0 Å². The lowest BCUT2D eigenvalue weighted by Gasteiger charge is -2.42. The highest BCUT2D eigenvalue weighted by atomic mass is 16.7. The third-order valence-electron chi connectivity index (χ3n) is 4.93. The van der Waals surface area contributed by atoms with Gasteiger partial charge in [-0.25, -0.2) is 0 Å². The Balaban J connectivity index is 2.18. The number of benzene rings is 1. The lowest BCUT2D eigenvalue weighted by molar-refractivity contribution is -0.179. The summed E-state index contributed by atoms with van der Waals surface area (Å²) in [4.78, 5) is 12.7. The summed E-state index contributed by atoms with van der Waals surface area (Å²) >= 11 is 0. The van der Waals surface area contributed by atoms with E-state index in [4.69, 9.17) is 9.47 Å². The number of amides is 1. The van der Waals surface area contributed by atoms with Crippen molar-refractivity contribution in [2.24, 2.45) is 17.3 Å². The minimum atomic E-state index is -0.478. The van der Waals surface area contributed by atoms with Crippen molar-refractivity contribution < 1.29 is 19.4 Å². The summed E-state index contributed by atoms with van der Waals surface area (Å²) in [6.45, 7) is 9.51. The van der Waals surface area contributed by atoms with Crippen LogP contribution in [-0.4, -0.2) is 30.5 Å². The van der Waals surface area contributed by atoms with E-state index in [1.807, 2.05) is 43.3 Å². The highest BCUT2D eigenvalue weighted by Crippen LogP contribution is 2.42. The molecule has 0 saturated heterocycles. The van der Waals surface area contributed by atoms with Crippen molar-refractivity contribution in [3.63, 3.8) is 0 Å². The zero-order valence-electron chi connectivity index (χ0n) is 16.9. The zero-order chi connectivity index (χ0) is 19.9. The molecule has 0 unspecified atom stereocenters. The number of aliphatic hydroxyl groups excluding tert-OH is 1. The number of nitrogens with one attached hydrogen (secondary N) is 1. The van der Waals surface area contributed by atoms with Crippen LogP contribution >= 0.6 is 0 Å². The van der Waals surface area contributed by atoms with Gasteiger partial charge in [0.15, 0.2) is 5.76 Å². The Labute approximate surface area is 162 Å². The Bertz CT molecular complexity index is 621. The first-order valence-corrected chi connectivity index (χ1v) is 9.80. The average molecular weight is 376 g/mol. The molecule has 27 heavy (non-hydrogen) atoms. The van der Waals surface area contributed by atoms with Crippen LogP contribution in [0.5, 0.6) is 0 Å². The molecule has 150 valence electrons. The number of allylic oxidation sites excluding steroid dienone is 1. The molecular formula is C22H33NO4. The monoisotopic (exact) mass is 375 g/mol. The molecule has 0 spiro atoms. The Kier molecular flexibility index (Phi) is 7.87. The Morgan fingerprint density at radius 3 is 2.56 bits per heavy atom. The van der Waals surface area contributed by atoms with Gasteiger partial charge in [0, 0.05) is 25.7 Å². The molecule has 3 atom stereocenters. The number of aliphatic hydroxyl groups is 1. The van der Waals surface area contributed by atoms with Crippen LogP contribution in [-0.2, 0) is 20.8 Å². The minimum absolute atomic E-state index is 0.0514. The molecule has 2 N–H and O–H groups in total. The quantitative estimate of drug-likeness (QED) is 0.728. The second kappa shape index (κ2) is 9.90. The Morgan fingerprint density at radius 2 is 1.96 bits per heavy atom. The van der Waals surface area contributed by atoms with Crippen molar-refractivity contribution in [2.45, 2.75) is 53.4 Å². The van der Waals surface area contributed by atoms with E-state index in [0.717, 1.165) is 12.0 Å². The molecule has 1 aromatic carbocycles. The molecule has 0 saturated carbocycles. The summed E-state index contributed by atoms with van der Waals surface area (Å²) < 4.78 is 11.8. The average Bonchev–Trinajstić information content (AvgIpc) is 2.65. The predicted octanol–water partition coefficient (Wildman–Crippen LogP) is 3.63. The molecule has 0 aliphatic carbocycles. The number of carbonyl (C=O) groups excluding carboxylic acids is 1. The van der Waals surface area contributed by atoms with Crippen LogP contribution in [0.4, 0.5) is 0 Å². The first-order chi connectivity index (χ1) is 12.9. The lowest BCUT2D eigenvalue weighted by Crippen LogP contribution is -2.43. The van der Waals surface area contributed by atoms with Gasteiger partial charge in [-0.05, 0) is 42.7 Å². The molecule has 0 aromatic heterocycles. The minimum Gasteiger partial charge on any atom is -0.459 e. The van der Waals surface area contributed by atoms with Crippen molar-refractivity contribution in [3.8, 4) is 0 Å². The van der Waals surface area contributed by atoms with Crippen molar-refractivity contribution in [1.29, 1.82) is 0 Å². The van der Waals surface area contributed by atoms with Gasteiger partial charge in [0.05, 0.1) is 0 Å². The maximum Gasteiger partial charge on any atom is 0.286 e. The summed E-state index contributed by atoms with van der Waals surface area (Å²) in [6, 6.07) is 9.80. The van der Waals surface area contributed by atoms with E-state index in [2.05, 4.69) is 26.1 Å². The third kappa shape index (κ3) is 6.08. The molecule has 0 bridgehead atoms. The van der Waals surface area contributed by atoms with E-state index in [0.29, 0.717) is 25.3 Å². The van der Waals surface area contributed by atoms with Crippen LogP contribution in [0.15, 0.2) is 42.2 Å². The van der Waals surface area contributed by atoms with E-state index in [-0.39, 0.29) is 29.8 Å². The number of carbonyl (C=O) groups is 1. The molecular weight excluding hydrogens is 342 g/mol. The molecule has 5 nitrogen and oxygen atoms in total. The van der Waals surface area contributed by atoms with Gasteiger partial charge in [-0.3, -0.25) is 4.79 Å². The zero-order valence-corrected chi connectivity index (χ0v) is 16.9. The van der Waals surface area contributed by atoms with E-state index < -0.39 is 6.29 Å². The van der Waals surface area contributed by atoms with Crippen molar-refractivity contribution in [2.75, 3.05) is 13.2 Å². The van der Waals surface area contributed by atoms with Gasteiger partial charge in [-0.15, -0.1) is 0 Å². The highest BCUT2D eigenvalue weighted by Gasteiger charge is 2.42. The molecule has 5 heteroatoms. The third-order valence-corrected chi connectivity index (χ3v) is 4.93. The van der Waals surface area contributed by atoms with Crippen LogP contribution in [0, 0.1) is 17.3 Å². The highest BCUT2D eigenvalue weighted by molar-refractivity contribution is 5.91. The SMILES string of the molecule is CCO[C@@H]1OC(C(=O)NCc2ccccc2)=C[C@H](C(C)(C)C)[C@H]1CCCO. The van der Waals surface area contributed by atoms with Crippen molar-refractivity contribution in [1.82, 2.24) is 5.32 Å². The topological polar surface area (TPSA) is 67.8 Å². The molecule has 1 amide bonds. The summed E-state index contributed by atoms with van der Waals surface area (Å²) in [5.41, 5.74) is 0.987. The molecule has 1 aliphatic rings. The van der Waals surface area contributed by atoms with Gasteiger partial charge < -0.3 is 19.9 Å². The van der Waals surface area contributed by atoms with Gasteiger partial charge in [-0.2, -0.15) is 0 Å². The predicted molar refractivity (Wildman–Crippen MR) is 106 cm³/mol. The lowest BCUT2D eigenvalue weighted by atomic mass is 9.70. The van der Waals surface area contributed by atoms with E-state index in [1.54, 1.807) is 0 Å². The maximum atomic E-state index is 12.7. The normalized spacial score (nSPS) is 22.7. The first-order valence-electron chi connectivity index (χ1n) is 9.80. The second-order valence-electron chi connectivity index (χ2n) is 8.06. The number of hydrogen-bond donors (Lipinski definition) is 2. The smallest absolute Gasteiger partial charge is 0.286 e. The fourth-order valence-corrected chi connectivity index (χ4v) is 3.56. The fraction of sp³-hybridized carbons (Fsp3) is 0.591. The van der Waals surface area contributed by atoms with Crippen LogP contribution < -0.4 is 5.32 Å². The van der Waals surface area contributed by atoms with E-state index >= 15 is 0 Å². The molecule has 0 radical (unpaired) electrons. The van der Waals surface area contributed by atoms with E-state index in [1.165, 1.54) is 0 Å². The van der Waals surface area contributed by atoms with Crippen LogP contribution in [0.1, 0.15) is 46.1 Å². The van der Waals surface area contributed by atoms with Gasteiger partial charge in [0.2, 0.25) is 6.29 Å². The van der Waals surface area contributed by atoms with Crippen LogP contribution in [0.3, 0.4) is 0 Å². The van der Waals surface area contributed by atoms with Gasteiger partial charge in [-0.1, -0.05) is 51.1 Å². The number of rotatable bonds is 8. The van der Waals surface area contributed by atoms with Gasteiger partial charge in [0.25, 0.3) is 5.91 Å². The molecule has 1 aromatic rings. The largest absolute Gasteiger partial charge is 0.459 e. The summed E-state index contributed by atoms with van der Waals surface area (Å²) in [5.74, 6) is 0.317. The summed E-state index contributed by atoms with van der Waals surface area (Å²) in [7, 11) is 0. The summed E-state index contributed by atoms with van der Waals surface area (Å²) in [6.07, 6.45) is 2.94. The maximum absolute atomic E-state index is 12.7. The first kappa shape index (κ1) is 21.5. The summed E-state index contributed by atoms with van der Waals surface area (Å²) in [5, 5.41) is 12.2. The molecule has 1 heterocycles. The Morgan fingerprint density at radius 1 is 1.26 bits per heavy atom. The van der Waals surface area contributed by atoms with Crippen LogP contribution in [0.2, 0.25) is 0 Å². The number of hydrogen-bond acceptors (Lipinski definition) is 4. The van der Waals surface area contributed by atoms with E-state index in [9.17, 15) is 9.90 Å².